The lowest BCUT2D eigenvalue weighted by Gasteiger charge is -2.11. The first-order valence-electron chi connectivity index (χ1n) is 9.79. The molecule has 1 unspecified atom stereocenters. The van der Waals surface area contributed by atoms with Gasteiger partial charge in [-0.15, -0.1) is 0 Å². The normalized spacial score (nSPS) is 11.9. The van der Waals surface area contributed by atoms with Gasteiger partial charge < -0.3 is 9.84 Å². The Kier molecular flexibility index (Phi) is 6.09. The molecule has 3 aromatic carbocycles. The van der Waals surface area contributed by atoms with E-state index in [-0.39, 0.29) is 11.3 Å². The second-order valence-corrected chi connectivity index (χ2v) is 8.61. The second-order valence-electron chi connectivity index (χ2n) is 7.16. The van der Waals surface area contributed by atoms with Crippen molar-refractivity contribution in [3.05, 3.63) is 101 Å². The number of benzene rings is 3. The summed E-state index contributed by atoms with van der Waals surface area (Å²) in [6.07, 6.45) is 0. The number of aromatic nitrogens is 1. The molecule has 156 valence electrons. The maximum atomic E-state index is 12.9. The molecule has 4 rings (SSSR count). The molecule has 5 nitrogen and oxygen atoms in total. The van der Waals surface area contributed by atoms with Gasteiger partial charge in [-0.3, -0.25) is 4.21 Å². The third-order valence-corrected chi connectivity index (χ3v) is 6.32. The maximum Gasteiger partial charge on any atom is 0.336 e. The summed E-state index contributed by atoms with van der Waals surface area (Å²) in [5, 5.41) is 10.6. The highest BCUT2D eigenvalue weighted by Gasteiger charge is 2.16. The number of hydrogen-bond donors (Lipinski definition) is 1. The first kappa shape index (κ1) is 20.8. The Morgan fingerprint density at radius 1 is 1.00 bits per heavy atom. The van der Waals surface area contributed by atoms with E-state index in [1.54, 1.807) is 49.4 Å². The average Bonchev–Trinajstić information content (AvgIpc) is 2.77. The van der Waals surface area contributed by atoms with Crippen molar-refractivity contribution >= 4 is 27.7 Å². The zero-order valence-electron chi connectivity index (χ0n) is 16.9. The van der Waals surface area contributed by atoms with Crippen molar-refractivity contribution in [3.8, 4) is 5.75 Å². The van der Waals surface area contributed by atoms with E-state index >= 15 is 0 Å². The lowest BCUT2D eigenvalue weighted by Crippen LogP contribution is -2.08. The van der Waals surface area contributed by atoms with E-state index in [2.05, 4.69) is 4.98 Å². The number of ether oxygens (including phenoxy) is 1. The molecule has 0 saturated heterocycles. The quantitative estimate of drug-likeness (QED) is 0.439. The summed E-state index contributed by atoms with van der Waals surface area (Å²) in [6.45, 7) is 2.03. The summed E-state index contributed by atoms with van der Waals surface area (Å²) in [6, 6.07) is 24.1. The number of carbonyl (C=O) groups is 1. The molecular formula is C25H21NO4S. The van der Waals surface area contributed by atoms with Gasteiger partial charge in [0.2, 0.25) is 0 Å². The highest BCUT2D eigenvalue weighted by atomic mass is 32.2. The molecule has 1 atom stereocenters. The van der Waals surface area contributed by atoms with Crippen LogP contribution in [-0.4, -0.2) is 20.3 Å². The van der Waals surface area contributed by atoms with Crippen LogP contribution in [-0.2, 0) is 23.2 Å². The minimum Gasteiger partial charge on any atom is -0.487 e. The monoisotopic (exact) mass is 431 g/mol. The number of carboxylic acid groups (broad SMARTS) is 1. The fraction of sp³-hybridized carbons (Fsp3) is 0.120. The smallest absolute Gasteiger partial charge is 0.336 e. The summed E-state index contributed by atoms with van der Waals surface area (Å²) in [5.41, 5.74) is 3.13. The van der Waals surface area contributed by atoms with Gasteiger partial charge in [-0.25, -0.2) is 9.78 Å². The minimum absolute atomic E-state index is 0.124. The zero-order valence-corrected chi connectivity index (χ0v) is 17.8. The van der Waals surface area contributed by atoms with E-state index in [0.717, 1.165) is 16.6 Å². The molecular weight excluding hydrogens is 410 g/mol. The minimum atomic E-state index is -1.41. The molecule has 0 aliphatic rings. The van der Waals surface area contributed by atoms with Crippen LogP contribution in [0.1, 0.15) is 27.2 Å². The van der Waals surface area contributed by atoms with E-state index in [0.29, 0.717) is 28.4 Å². The van der Waals surface area contributed by atoms with Gasteiger partial charge in [0.1, 0.15) is 12.4 Å². The Hall–Kier alpha value is -3.51. The molecule has 0 fully saturated rings. The van der Waals surface area contributed by atoms with Gasteiger partial charge in [-0.2, -0.15) is 0 Å². The molecule has 0 spiro atoms. The van der Waals surface area contributed by atoms with Gasteiger partial charge in [0, 0.05) is 10.3 Å². The van der Waals surface area contributed by atoms with Crippen molar-refractivity contribution < 1.29 is 18.8 Å². The van der Waals surface area contributed by atoms with Crippen LogP contribution in [0.15, 0.2) is 83.8 Å². The van der Waals surface area contributed by atoms with E-state index in [4.69, 9.17) is 4.74 Å². The average molecular weight is 432 g/mol. The van der Waals surface area contributed by atoms with Crippen molar-refractivity contribution in [2.75, 3.05) is 0 Å². The van der Waals surface area contributed by atoms with Crippen molar-refractivity contribution in [3.63, 3.8) is 0 Å². The largest absolute Gasteiger partial charge is 0.487 e. The predicted molar refractivity (Wildman–Crippen MR) is 121 cm³/mol. The number of nitrogens with zero attached hydrogens (tertiary/aromatic N) is 1. The number of hydrogen-bond acceptors (Lipinski definition) is 4. The van der Waals surface area contributed by atoms with Crippen molar-refractivity contribution in [2.45, 2.75) is 24.2 Å². The summed E-state index contributed by atoms with van der Waals surface area (Å²) >= 11 is 0. The Morgan fingerprint density at radius 3 is 2.65 bits per heavy atom. The summed E-state index contributed by atoms with van der Waals surface area (Å²) in [7, 11) is -1.41. The SMILES string of the molecule is Cc1cccc(CS(=O)c2cccc(OCc3ccc4ccccc4n3)c2)c1C(=O)O. The third-order valence-electron chi connectivity index (χ3n) is 4.97. The maximum absolute atomic E-state index is 12.9. The Morgan fingerprint density at radius 2 is 1.81 bits per heavy atom. The molecule has 31 heavy (non-hydrogen) atoms. The standard InChI is InChI=1S/C25H21NO4S/c1-17-6-4-8-19(24(17)25(27)28)16-31(29)22-10-5-9-21(14-22)30-15-20-13-12-18-7-2-3-11-23(18)26-20/h2-14H,15-16H2,1H3,(H,27,28). The first-order chi connectivity index (χ1) is 15.0. The number of pyridine rings is 1. The number of fused-ring (bicyclic) bond motifs is 1. The number of aromatic carboxylic acids is 1. The molecule has 1 aromatic heterocycles. The number of rotatable bonds is 7. The number of aryl methyl sites for hydroxylation is 1. The van der Waals surface area contributed by atoms with Crippen LogP contribution in [0.4, 0.5) is 0 Å². The zero-order chi connectivity index (χ0) is 21.8. The van der Waals surface area contributed by atoms with Crippen molar-refractivity contribution in [2.24, 2.45) is 0 Å². The van der Waals surface area contributed by atoms with Crippen LogP contribution >= 0.6 is 0 Å². The second kappa shape index (κ2) is 9.10. The van der Waals surface area contributed by atoms with Crippen LogP contribution in [0.3, 0.4) is 0 Å². The number of para-hydroxylation sites is 1. The molecule has 0 amide bonds. The van der Waals surface area contributed by atoms with Crippen LogP contribution in [0.2, 0.25) is 0 Å². The molecule has 0 bridgehead atoms. The van der Waals surface area contributed by atoms with Crippen LogP contribution < -0.4 is 4.74 Å². The van der Waals surface area contributed by atoms with E-state index < -0.39 is 16.8 Å². The molecule has 0 radical (unpaired) electrons. The number of carboxylic acids is 1. The van der Waals surface area contributed by atoms with Gasteiger partial charge in [0.25, 0.3) is 0 Å². The third kappa shape index (κ3) is 4.81. The highest BCUT2D eigenvalue weighted by Crippen LogP contribution is 2.22. The Bertz CT molecular complexity index is 1290. The van der Waals surface area contributed by atoms with Crippen molar-refractivity contribution in [1.29, 1.82) is 0 Å². The van der Waals surface area contributed by atoms with Gasteiger partial charge >= 0.3 is 5.97 Å². The van der Waals surface area contributed by atoms with E-state index in [1.165, 1.54) is 0 Å². The molecule has 0 saturated carbocycles. The van der Waals surface area contributed by atoms with Crippen LogP contribution in [0.5, 0.6) is 5.75 Å². The fourth-order valence-electron chi connectivity index (χ4n) is 3.43. The van der Waals surface area contributed by atoms with E-state index in [9.17, 15) is 14.1 Å². The Labute approximate surface area is 182 Å². The van der Waals surface area contributed by atoms with E-state index in [1.807, 2.05) is 36.4 Å². The fourth-order valence-corrected chi connectivity index (χ4v) is 4.60. The molecule has 6 heteroatoms. The molecule has 1 heterocycles. The molecule has 4 aromatic rings. The highest BCUT2D eigenvalue weighted by molar-refractivity contribution is 7.84. The predicted octanol–water partition coefficient (Wildman–Crippen LogP) is 5.13. The van der Waals surface area contributed by atoms with Crippen LogP contribution in [0, 0.1) is 6.92 Å². The van der Waals surface area contributed by atoms with Crippen LogP contribution in [0.25, 0.3) is 10.9 Å². The lowest BCUT2D eigenvalue weighted by atomic mass is 10.0. The van der Waals surface area contributed by atoms with Crippen molar-refractivity contribution in [1.82, 2.24) is 4.98 Å². The Balaban J connectivity index is 1.48. The van der Waals surface area contributed by atoms with Gasteiger partial charge in [-0.1, -0.05) is 48.5 Å². The molecule has 0 aliphatic carbocycles. The summed E-state index contributed by atoms with van der Waals surface area (Å²) in [4.78, 5) is 16.8. The van der Waals surface area contributed by atoms with Gasteiger partial charge in [0.15, 0.2) is 0 Å². The first-order valence-corrected chi connectivity index (χ1v) is 11.1. The van der Waals surface area contributed by atoms with Gasteiger partial charge in [-0.05, 0) is 48.4 Å². The summed E-state index contributed by atoms with van der Waals surface area (Å²) in [5.74, 6) is -0.299. The molecule has 0 aliphatic heterocycles. The topological polar surface area (TPSA) is 76.5 Å². The lowest BCUT2D eigenvalue weighted by molar-refractivity contribution is 0.0695. The molecule has 1 N–H and O–H groups in total. The van der Waals surface area contributed by atoms with Gasteiger partial charge in [0.05, 0.1) is 33.3 Å². The summed E-state index contributed by atoms with van der Waals surface area (Å²) < 4.78 is 18.8.